The van der Waals surface area contributed by atoms with Crippen LogP contribution >= 0.6 is 11.6 Å². The molecule has 0 aliphatic carbocycles. The quantitative estimate of drug-likeness (QED) is 0.939. The van der Waals surface area contributed by atoms with Crippen LogP contribution in [0.3, 0.4) is 0 Å². The summed E-state index contributed by atoms with van der Waals surface area (Å²) in [7, 11) is 0. The summed E-state index contributed by atoms with van der Waals surface area (Å²) in [4.78, 5) is 24.7. The standard InChI is InChI=1S/C15H13ClN2O4/c16-11-3-1-2-9(6-11)12-7-13(22-17-12)14(19)18-5-4-10(8-18)15(20)21/h1-3,6-7,10H,4-5,8H2,(H,20,21). The molecule has 7 heteroatoms. The first kappa shape index (κ1) is 14.6. The molecule has 1 aliphatic rings. The van der Waals surface area contributed by atoms with Crippen LogP contribution in [0.4, 0.5) is 0 Å². The molecule has 0 spiro atoms. The molecule has 1 aromatic heterocycles. The normalized spacial score (nSPS) is 17.7. The third-order valence-corrected chi connectivity index (χ3v) is 3.90. The van der Waals surface area contributed by atoms with Gasteiger partial charge in [-0.2, -0.15) is 0 Å². The molecule has 1 saturated heterocycles. The van der Waals surface area contributed by atoms with Crippen LogP contribution in [0.25, 0.3) is 11.3 Å². The van der Waals surface area contributed by atoms with Crippen LogP contribution in [0.5, 0.6) is 0 Å². The Balaban J connectivity index is 1.77. The van der Waals surface area contributed by atoms with E-state index in [1.807, 2.05) is 6.07 Å². The Morgan fingerprint density at radius 2 is 2.18 bits per heavy atom. The van der Waals surface area contributed by atoms with Gasteiger partial charge in [0.2, 0.25) is 5.76 Å². The Morgan fingerprint density at radius 1 is 1.36 bits per heavy atom. The molecule has 1 atom stereocenters. The zero-order valence-electron chi connectivity index (χ0n) is 11.5. The predicted octanol–water partition coefficient (Wildman–Crippen LogP) is 2.54. The van der Waals surface area contributed by atoms with Gasteiger partial charge in [0.1, 0.15) is 5.69 Å². The summed E-state index contributed by atoms with van der Waals surface area (Å²) in [5, 5.41) is 13.4. The average molecular weight is 321 g/mol. The Labute approximate surface area is 131 Å². The number of nitrogens with zero attached hydrogens (tertiary/aromatic N) is 2. The Hall–Kier alpha value is -2.34. The lowest BCUT2D eigenvalue weighted by atomic mass is 10.1. The van der Waals surface area contributed by atoms with Gasteiger partial charge in [0, 0.05) is 29.7 Å². The van der Waals surface area contributed by atoms with Crippen molar-refractivity contribution >= 4 is 23.5 Å². The highest BCUT2D eigenvalue weighted by Gasteiger charge is 2.32. The van der Waals surface area contributed by atoms with E-state index in [0.29, 0.717) is 23.7 Å². The molecule has 2 aromatic rings. The molecule has 114 valence electrons. The number of aromatic nitrogens is 1. The predicted molar refractivity (Wildman–Crippen MR) is 78.6 cm³/mol. The summed E-state index contributed by atoms with van der Waals surface area (Å²) in [5.74, 6) is -1.64. The topological polar surface area (TPSA) is 83.6 Å². The monoisotopic (exact) mass is 320 g/mol. The fourth-order valence-electron chi connectivity index (χ4n) is 2.46. The first-order valence-electron chi connectivity index (χ1n) is 6.79. The van der Waals surface area contributed by atoms with Crippen molar-refractivity contribution in [2.24, 2.45) is 5.92 Å². The minimum atomic E-state index is -0.882. The fraction of sp³-hybridized carbons (Fsp3) is 0.267. The Kier molecular flexibility index (Phi) is 3.85. The first-order valence-corrected chi connectivity index (χ1v) is 7.17. The highest BCUT2D eigenvalue weighted by molar-refractivity contribution is 6.30. The van der Waals surface area contributed by atoms with Crippen LogP contribution in [0.15, 0.2) is 34.9 Å². The fourth-order valence-corrected chi connectivity index (χ4v) is 2.65. The van der Waals surface area contributed by atoms with E-state index in [4.69, 9.17) is 21.2 Å². The second-order valence-corrected chi connectivity index (χ2v) is 5.60. The average Bonchev–Trinajstić information content (AvgIpc) is 3.16. The number of carboxylic acid groups (broad SMARTS) is 1. The van der Waals surface area contributed by atoms with Crippen molar-refractivity contribution < 1.29 is 19.2 Å². The number of hydrogen-bond donors (Lipinski definition) is 1. The molecule has 0 bridgehead atoms. The zero-order valence-corrected chi connectivity index (χ0v) is 12.3. The summed E-state index contributed by atoms with van der Waals surface area (Å²) in [6.07, 6.45) is 0.455. The molecule has 2 heterocycles. The van der Waals surface area contributed by atoms with Crippen molar-refractivity contribution in [1.29, 1.82) is 0 Å². The van der Waals surface area contributed by atoms with E-state index in [0.717, 1.165) is 5.56 Å². The molecule has 1 aliphatic heterocycles. The molecule has 1 N–H and O–H groups in total. The summed E-state index contributed by atoms with van der Waals surface area (Å²) in [5.41, 5.74) is 1.26. The number of aliphatic carboxylic acids is 1. The maximum Gasteiger partial charge on any atom is 0.308 e. The summed E-state index contributed by atoms with van der Waals surface area (Å²) < 4.78 is 5.10. The van der Waals surface area contributed by atoms with Crippen LogP contribution in [-0.4, -0.2) is 40.1 Å². The molecule has 6 nitrogen and oxygen atoms in total. The van der Waals surface area contributed by atoms with E-state index in [-0.39, 0.29) is 18.2 Å². The second kappa shape index (κ2) is 5.81. The highest BCUT2D eigenvalue weighted by atomic mass is 35.5. The largest absolute Gasteiger partial charge is 0.481 e. The Bertz CT molecular complexity index is 728. The Morgan fingerprint density at radius 3 is 2.86 bits per heavy atom. The number of carboxylic acids is 1. The number of rotatable bonds is 3. The van der Waals surface area contributed by atoms with Gasteiger partial charge in [-0.05, 0) is 18.6 Å². The third-order valence-electron chi connectivity index (χ3n) is 3.67. The lowest BCUT2D eigenvalue weighted by molar-refractivity contribution is -0.141. The number of halogens is 1. The van der Waals surface area contributed by atoms with Gasteiger partial charge in [-0.25, -0.2) is 0 Å². The summed E-state index contributed by atoms with van der Waals surface area (Å²) in [6, 6.07) is 8.61. The number of hydrogen-bond acceptors (Lipinski definition) is 4. The highest BCUT2D eigenvalue weighted by Crippen LogP contribution is 2.24. The SMILES string of the molecule is O=C(O)C1CCN(C(=O)c2cc(-c3cccc(Cl)c3)no2)C1. The lowest BCUT2D eigenvalue weighted by Gasteiger charge is -2.12. The molecule has 0 radical (unpaired) electrons. The third kappa shape index (κ3) is 2.82. The minimum Gasteiger partial charge on any atom is -0.481 e. The molecule has 22 heavy (non-hydrogen) atoms. The van der Waals surface area contributed by atoms with Gasteiger partial charge in [-0.3, -0.25) is 9.59 Å². The molecule has 1 aromatic carbocycles. The maximum atomic E-state index is 12.3. The van der Waals surface area contributed by atoms with Gasteiger partial charge in [0.05, 0.1) is 5.92 Å². The number of carbonyl (C=O) groups excluding carboxylic acids is 1. The van der Waals surface area contributed by atoms with Crippen LogP contribution in [0.1, 0.15) is 17.0 Å². The first-order chi connectivity index (χ1) is 10.5. The molecular weight excluding hydrogens is 308 g/mol. The summed E-state index contributed by atoms with van der Waals surface area (Å²) in [6.45, 7) is 0.602. The van der Waals surface area contributed by atoms with Crippen molar-refractivity contribution in [3.8, 4) is 11.3 Å². The van der Waals surface area contributed by atoms with Gasteiger partial charge in [0.25, 0.3) is 5.91 Å². The lowest BCUT2D eigenvalue weighted by Crippen LogP contribution is -2.29. The summed E-state index contributed by atoms with van der Waals surface area (Å²) >= 11 is 5.92. The molecular formula is C15H13ClN2O4. The van der Waals surface area contributed by atoms with E-state index in [2.05, 4.69) is 5.16 Å². The van der Waals surface area contributed by atoms with Gasteiger partial charge < -0.3 is 14.5 Å². The number of benzene rings is 1. The number of amides is 1. The molecule has 1 unspecified atom stereocenters. The van der Waals surface area contributed by atoms with Crippen LogP contribution in [0.2, 0.25) is 5.02 Å². The number of carbonyl (C=O) groups is 2. The van der Waals surface area contributed by atoms with Crippen LogP contribution in [-0.2, 0) is 4.79 Å². The number of likely N-dealkylation sites (tertiary alicyclic amines) is 1. The zero-order chi connectivity index (χ0) is 15.7. The molecule has 1 amide bonds. The second-order valence-electron chi connectivity index (χ2n) is 5.16. The van der Waals surface area contributed by atoms with E-state index in [1.165, 1.54) is 4.90 Å². The van der Waals surface area contributed by atoms with Crippen molar-refractivity contribution in [2.45, 2.75) is 6.42 Å². The maximum absolute atomic E-state index is 12.3. The van der Waals surface area contributed by atoms with Crippen LogP contribution < -0.4 is 0 Å². The minimum absolute atomic E-state index is 0.0982. The molecule has 0 saturated carbocycles. The molecule has 1 fully saturated rings. The van der Waals surface area contributed by atoms with Gasteiger partial charge in [0.15, 0.2) is 0 Å². The van der Waals surface area contributed by atoms with Gasteiger partial charge in [-0.15, -0.1) is 0 Å². The van der Waals surface area contributed by atoms with E-state index in [9.17, 15) is 9.59 Å². The van der Waals surface area contributed by atoms with Gasteiger partial charge >= 0.3 is 5.97 Å². The van der Waals surface area contributed by atoms with Gasteiger partial charge in [-0.1, -0.05) is 28.9 Å². The molecule has 3 rings (SSSR count). The van der Waals surface area contributed by atoms with Crippen molar-refractivity contribution in [1.82, 2.24) is 10.1 Å². The smallest absolute Gasteiger partial charge is 0.308 e. The van der Waals surface area contributed by atoms with Crippen molar-refractivity contribution in [3.63, 3.8) is 0 Å². The van der Waals surface area contributed by atoms with E-state index >= 15 is 0 Å². The van der Waals surface area contributed by atoms with Crippen LogP contribution in [0, 0.1) is 5.92 Å². The van der Waals surface area contributed by atoms with E-state index in [1.54, 1.807) is 24.3 Å². The van der Waals surface area contributed by atoms with E-state index < -0.39 is 11.9 Å². The van der Waals surface area contributed by atoms with Crippen molar-refractivity contribution in [2.75, 3.05) is 13.1 Å². The van der Waals surface area contributed by atoms with Crippen molar-refractivity contribution in [3.05, 3.63) is 41.1 Å².